The topological polar surface area (TPSA) is 60.0 Å². The minimum Gasteiger partial charge on any atom is -0.497 e. The lowest BCUT2D eigenvalue weighted by atomic mass is 10.1. The van der Waals surface area contributed by atoms with Gasteiger partial charge in [0, 0.05) is 5.69 Å². The first-order valence-corrected chi connectivity index (χ1v) is 7.64. The van der Waals surface area contributed by atoms with Gasteiger partial charge >= 0.3 is 0 Å². The molecule has 0 amide bonds. The molecule has 0 aliphatic rings. The third-order valence-corrected chi connectivity index (χ3v) is 3.82. The minimum absolute atomic E-state index is 0.316. The molecule has 0 bridgehead atoms. The van der Waals surface area contributed by atoms with Crippen LogP contribution in [0.1, 0.15) is 0 Å². The number of nitrogens with zero attached hydrogens (tertiary/aromatic N) is 2. The fourth-order valence-corrected chi connectivity index (χ4v) is 2.54. The molecule has 2 aromatic heterocycles. The predicted octanol–water partition coefficient (Wildman–Crippen LogP) is 4.56. The van der Waals surface area contributed by atoms with Crippen LogP contribution in [-0.4, -0.2) is 22.1 Å². The first kappa shape index (κ1) is 15.1. The molecule has 4 rings (SSSR count). The zero-order valence-corrected chi connectivity index (χ0v) is 13.4. The van der Waals surface area contributed by atoms with Gasteiger partial charge < -0.3 is 14.5 Å². The summed E-state index contributed by atoms with van der Waals surface area (Å²) < 4.78 is 24.0. The molecule has 0 saturated heterocycles. The normalized spacial score (nSPS) is 10.8. The average Bonchev–Trinajstić information content (AvgIpc) is 3.09. The SMILES string of the molecule is COc1ccc(-c2cc3c(Oc4ccc(F)cc4)ncnc3[nH]2)cc1. The number of aromatic nitrogens is 3. The molecule has 0 radical (unpaired) electrons. The molecule has 0 unspecified atom stereocenters. The number of aromatic amines is 1. The Morgan fingerprint density at radius 3 is 2.36 bits per heavy atom. The number of hydrogen-bond acceptors (Lipinski definition) is 4. The minimum atomic E-state index is -0.316. The summed E-state index contributed by atoms with van der Waals surface area (Å²) in [6.45, 7) is 0. The van der Waals surface area contributed by atoms with E-state index < -0.39 is 0 Å². The molecule has 2 heterocycles. The van der Waals surface area contributed by atoms with Gasteiger partial charge in [0.05, 0.1) is 12.5 Å². The lowest BCUT2D eigenvalue weighted by Crippen LogP contribution is -1.90. The summed E-state index contributed by atoms with van der Waals surface area (Å²) in [7, 11) is 1.63. The van der Waals surface area contributed by atoms with E-state index >= 15 is 0 Å². The number of fused-ring (bicyclic) bond motifs is 1. The van der Waals surface area contributed by atoms with Crippen molar-refractivity contribution in [3.05, 3.63) is 66.7 Å². The molecule has 0 fully saturated rings. The van der Waals surface area contributed by atoms with Gasteiger partial charge in [-0.3, -0.25) is 0 Å². The van der Waals surface area contributed by atoms with Crippen LogP contribution >= 0.6 is 0 Å². The number of nitrogens with one attached hydrogen (secondary N) is 1. The van der Waals surface area contributed by atoms with E-state index in [2.05, 4.69) is 15.0 Å². The van der Waals surface area contributed by atoms with Crippen LogP contribution in [0.3, 0.4) is 0 Å². The Bertz CT molecular complexity index is 1010. The molecule has 25 heavy (non-hydrogen) atoms. The van der Waals surface area contributed by atoms with Crippen molar-refractivity contribution in [3.63, 3.8) is 0 Å². The zero-order valence-electron chi connectivity index (χ0n) is 13.4. The highest BCUT2D eigenvalue weighted by molar-refractivity contribution is 5.87. The van der Waals surface area contributed by atoms with Crippen LogP contribution in [0.2, 0.25) is 0 Å². The summed E-state index contributed by atoms with van der Waals surface area (Å²) in [5, 5.41) is 0.748. The van der Waals surface area contributed by atoms with Crippen molar-refractivity contribution in [2.75, 3.05) is 7.11 Å². The third kappa shape index (κ3) is 3.01. The average molecular weight is 335 g/mol. The van der Waals surface area contributed by atoms with Crippen LogP contribution in [0.5, 0.6) is 17.4 Å². The van der Waals surface area contributed by atoms with Gasteiger partial charge in [-0.2, -0.15) is 0 Å². The molecule has 5 nitrogen and oxygen atoms in total. The second kappa shape index (κ2) is 6.24. The maximum Gasteiger partial charge on any atom is 0.231 e. The highest BCUT2D eigenvalue weighted by atomic mass is 19.1. The summed E-state index contributed by atoms with van der Waals surface area (Å²) in [6.07, 6.45) is 1.43. The molecule has 2 aromatic carbocycles. The van der Waals surface area contributed by atoms with Gasteiger partial charge in [-0.05, 0) is 60.2 Å². The third-order valence-electron chi connectivity index (χ3n) is 3.82. The molecule has 124 valence electrons. The van der Waals surface area contributed by atoms with Crippen molar-refractivity contribution in [2.45, 2.75) is 0 Å². The van der Waals surface area contributed by atoms with Crippen molar-refractivity contribution in [2.24, 2.45) is 0 Å². The monoisotopic (exact) mass is 335 g/mol. The van der Waals surface area contributed by atoms with Gasteiger partial charge in [-0.1, -0.05) is 0 Å². The Balaban J connectivity index is 1.71. The molecule has 0 atom stereocenters. The van der Waals surface area contributed by atoms with E-state index in [-0.39, 0.29) is 5.82 Å². The maximum atomic E-state index is 13.0. The molecular weight excluding hydrogens is 321 g/mol. The van der Waals surface area contributed by atoms with Crippen LogP contribution in [0.4, 0.5) is 4.39 Å². The largest absolute Gasteiger partial charge is 0.497 e. The van der Waals surface area contributed by atoms with Crippen molar-refractivity contribution in [3.8, 4) is 28.6 Å². The number of halogens is 1. The van der Waals surface area contributed by atoms with Gasteiger partial charge in [0.25, 0.3) is 0 Å². The van der Waals surface area contributed by atoms with Gasteiger partial charge in [-0.15, -0.1) is 0 Å². The van der Waals surface area contributed by atoms with Crippen LogP contribution in [0.15, 0.2) is 60.9 Å². The van der Waals surface area contributed by atoms with Crippen LogP contribution in [-0.2, 0) is 0 Å². The molecule has 0 spiro atoms. The van der Waals surface area contributed by atoms with Crippen LogP contribution in [0.25, 0.3) is 22.3 Å². The highest BCUT2D eigenvalue weighted by Gasteiger charge is 2.11. The Kier molecular flexibility index (Phi) is 3.78. The Morgan fingerprint density at radius 2 is 1.64 bits per heavy atom. The second-order valence-corrected chi connectivity index (χ2v) is 5.41. The number of ether oxygens (including phenoxy) is 2. The summed E-state index contributed by atoms with van der Waals surface area (Å²) in [6, 6.07) is 15.4. The number of H-pyrrole nitrogens is 1. The van der Waals surface area contributed by atoms with E-state index in [1.807, 2.05) is 30.3 Å². The quantitative estimate of drug-likeness (QED) is 0.594. The number of benzene rings is 2. The van der Waals surface area contributed by atoms with E-state index in [0.717, 1.165) is 22.4 Å². The lowest BCUT2D eigenvalue weighted by molar-refractivity contribution is 0.415. The van der Waals surface area contributed by atoms with Crippen molar-refractivity contribution >= 4 is 11.0 Å². The molecule has 1 N–H and O–H groups in total. The zero-order chi connectivity index (χ0) is 17.2. The van der Waals surface area contributed by atoms with Crippen molar-refractivity contribution in [1.82, 2.24) is 15.0 Å². The Labute approximate surface area is 143 Å². The Hall–Kier alpha value is -3.41. The molecule has 0 aliphatic heterocycles. The van der Waals surface area contributed by atoms with Gasteiger partial charge in [0.1, 0.15) is 29.3 Å². The van der Waals surface area contributed by atoms with E-state index in [0.29, 0.717) is 17.3 Å². The molecule has 0 aliphatic carbocycles. The first-order valence-electron chi connectivity index (χ1n) is 7.64. The predicted molar refractivity (Wildman–Crippen MR) is 92.4 cm³/mol. The molecular formula is C19H14FN3O2. The van der Waals surface area contributed by atoms with Crippen molar-refractivity contribution in [1.29, 1.82) is 0 Å². The van der Waals surface area contributed by atoms with Crippen molar-refractivity contribution < 1.29 is 13.9 Å². The summed E-state index contributed by atoms with van der Waals surface area (Å²) in [4.78, 5) is 11.7. The molecule has 4 aromatic rings. The summed E-state index contributed by atoms with van der Waals surface area (Å²) in [5.74, 6) is 1.39. The smallest absolute Gasteiger partial charge is 0.231 e. The molecule has 6 heteroatoms. The van der Waals surface area contributed by atoms with Gasteiger partial charge in [0.15, 0.2) is 0 Å². The summed E-state index contributed by atoms with van der Waals surface area (Å²) in [5.41, 5.74) is 2.55. The second-order valence-electron chi connectivity index (χ2n) is 5.41. The van der Waals surface area contributed by atoms with Gasteiger partial charge in [-0.25, -0.2) is 14.4 Å². The lowest BCUT2D eigenvalue weighted by Gasteiger charge is -2.04. The van der Waals surface area contributed by atoms with E-state index in [1.54, 1.807) is 19.2 Å². The standard InChI is InChI=1S/C19H14FN3O2/c1-24-14-6-2-12(3-7-14)17-10-16-18(23-17)21-11-22-19(16)25-15-8-4-13(20)5-9-15/h2-11H,1H3,(H,21,22,23). The number of hydrogen-bond donors (Lipinski definition) is 1. The first-order chi connectivity index (χ1) is 12.2. The van der Waals surface area contributed by atoms with Crippen LogP contribution in [0, 0.1) is 5.82 Å². The maximum absolute atomic E-state index is 13.0. The van der Waals surface area contributed by atoms with Gasteiger partial charge in [0.2, 0.25) is 5.88 Å². The highest BCUT2D eigenvalue weighted by Crippen LogP contribution is 2.31. The fraction of sp³-hybridized carbons (Fsp3) is 0.0526. The Morgan fingerprint density at radius 1 is 0.920 bits per heavy atom. The van der Waals surface area contributed by atoms with Crippen LogP contribution < -0.4 is 9.47 Å². The van der Waals surface area contributed by atoms with E-state index in [1.165, 1.54) is 18.5 Å². The van der Waals surface area contributed by atoms with E-state index in [4.69, 9.17) is 9.47 Å². The number of methoxy groups -OCH3 is 1. The number of rotatable bonds is 4. The van der Waals surface area contributed by atoms with E-state index in [9.17, 15) is 4.39 Å². The summed E-state index contributed by atoms with van der Waals surface area (Å²) >= 11 is 0. The fourth-order valence-electron chi connectivity index (χ4n) is 2.54. The molecule has 0 saturated carbocycles.